The zero-order valence-corrected chi connectivity index (χ0v) is 22.9. The number of methoxy groups -OCH3 is 2. The molecule has 3 aromatic carbocycles. The minimum atomic E-state index is -0.739. The maximum absolute atomic E-state index is 13.5. The van der Waals surface area contributed by atoms with E-state index in [-0.39, 0.29) is 18.2 Å². The van der Waals surface area contributed by atoms with E-state index in [4.69, 9.17) is 32.7 Å². The molecule has 3 aromatic rings. The van der Waals surface area contributed by atoms with Crippen molar-refractivity contribution >= 4 is 63.3 Å². The molecule has 7 nitrogen and oxygen atoms in total. The monoisotopic (exact) mass is 575 g/mol. The van der Waals surface area contributed by atoms with Gasteiger partial charge >= 0.3 is 0 Å². The maximum atomic E-state index is 13.5. The number of nitrogens with one attached hydrogen (secondary N) is 1. The van der Waals surface area contributed by atoms with Crippen LogP contribution in [0.1, 0.15) is 12.0 Å². The average Bonchev–Trinajstić information content (AvgIpc) is 2.88. The van der Waals surface area contributed by atoms with Gasteiger partial charge in [0.25, 0.3) is 0 Å². The van der Waals surface area contributed by atoms with Gasteiger partial charge in [0, 0.05) is 28.7 Å². The van der Waals surface area contributed by atoms with Crippen molar-refractivity contribution in [3.63, 3.8) is 0 Å². The zero-order valence-electron chi connectivity index (χ0n) is 20.5. The molecule has 1 aliphatic rings. The summed E-state index contributed by atoms with van der Waals surface area (Å²) in [5, 5.41) is 3.13. The van der Waals surface area contributed by atoms with Gasteiger partial charge in [0.05, 0.1) is 19.9 Å². The fraction of sp³-hybridized carbons (Fsp3) is 0.222. The summed E-state index contributed by atoms with van der Waals surface area (Å²) in [7, 11) is 3.12. The first-order valence-electron chi connectivity index (χ1n) is 11.5. The highest BCUT2D eigenvalue weighted by Crippen LogP contribution is 2.32. The minimum Gasteiger partial charge on any atom is -0.493 e. The second-order valence-electron chi connectivity index (χ2n) is 8.31. The molecular weight excluding hydrogens is 552 g/mol. The number of carbonyl (C=O) groups is 2. The fourth-order valence-electron chi connectivity index (χ4n) is 3.81. The van der Waals surface area contributed by atoms with Crippen molar-refractivity contribution in [3.8, 4) is 11.5 Å². The van der Waals surface area contributed by atoms with Crippen molar-refractivity contribution in [2.24, 2.45) is 4.99 Å². The van der Waals surface area contributed by atoms with Gasteiger partial charge in [-0.1, -0.05) is 41.0 Å². The number of amides is 2. The van der Waals surface area contributed by atoms with Gasteiger partial charge < -0.3 is 14.8 Å². The van der Waals surface area contributed by atoms with Crippen LogP contribution in [0, 0.1) is 5.82 Å². The number of hydrogen-bond donors (Lipinski definition) is 1. The minimum absolute atomic E-state index is 0.0286. The molecule has 11 heteroatoms. The van der Waals surface area contributed by atoms with Gasteiger partial charge in [0.1, 0.15) is 11.1 Å². The number of anilines is 1. The van der Waals surface area contributed by atoms with Crippen LogP contribution in [0.4, 0.5) is 15.8 Å². The van der Waals surface area contributed by atoms with Crippen LogP contribution >= 0.6 is 35.0 Å². The standard InChI is InChI=1S/C27H24Cl2FN3O4S/c1-36-22-8-3-16(11-23(22)37-2)9-10-33-25(34)15-24(26(35)31-21-13-17(28)12-18(29)14-21)38-27(33)32-20-6-4-19(30)5-7-20/h3-8,11-14,24H,9-10,15H2,1-2H3,(H,31,35). The molecule has 0 spiro atoms. The third-order valence-electron chi connectivity index (χ3n) is 5.69. The Morgan fingerprint density at radius 2 is 1.74 bits per heavy atom. The first-order valence-corrected chi connectivity index (χ1v) is 13.2. The number of ether oxygens (including phenoxy) is 2. The number of aliphatic imine (C=N–C) groups is 1. The first-order chi connectivity index (χ1) is 18.2. The topological polar surface area (TPSA) is 80.2 Å². The highest BCUT2D eigenvalue weighted by atomic mass is 35.5. The van der Waals surface area contributed by atoms with Crippen molar-refractivity contribution in [2.75, 3.05) is 26.1 Å². The van der Waals surface area contributed by atoms with Crippen LogP contribution in [0.2, 0.25) is 10.0 Å². The lowest BCUT2D eigenvalue weighted by atomic mass is 10.1. The van der Waals surface area contributed by atoms with E-state index in [2.05, 4.69) is 10.3 Å². The van der Waals surface area contributed by atoms with Crippen molar-refractivity contribution < 1.29 is 23.5 Å². The van der Waals surface area contributed by atoms with E-state index in [1.165, 1.54) is 36.0 Å². The van der Waals surface area contributed by atoms with Gasteiger partial charge in [-0.3, -0.25) is 14.5 Å². The molecule has 1 atom stereocenters. The summed E-state index contributed by atoms with van der Waals surface area (Å²) in [5.41, 5.74) is 1.81. The number of hydrogen-bond acceptors (Lipinski definition) is 6. The Bertz CT molecular complexity index is 1350. The van der Waals surface area contributed by atoms with E-state index >= 15 is 0 Å². The van der Waals surface area contributed by atoms with Crippen LogP contribution in [0.15, 0.2) is 65.7 Å². The predicted octanol–water partition coefficient (Wildman–Crippen LogP) is 6.35. The van der Waals surface area contributed by atoms with E-state index in [9.17, 15) is 14.0 Å². The Kier molecular flexibility index (Phi) is 9.14. The number of halogens is 3. The number of thioether (sulfide) groups is 1. The van der Waals surface area contributed by atoms with Crippen molar-refractivity contribution in [1.82, 2.24) is 4.90 Å². The molecule has 4 rings (SSSR count). The van der Waals surface area contributed by atoms with Crippen molar-refractivity contribution in [1.29, 1.82) is 0 Å². The van der Waals surface area contributed by atoms with E-state index in [0.29, 0.717) is 51.1 Å². The third kappa shape index (κ3) is 6.98. The van der Waals surface area contributed by atoms with Crippen LogP contribution in [0.3, 0.4) is 0 Å². The molecule has 0 radical (unpaired) electrons. The molecule has 1 aliphatic heterocycles. The SMILES string of the molecule is COc1ccc(CCN2C(=O)CC(C(=O)Nc3cc(Cl)cc(Cl)c3)SC2=Nc2ccc(F)cc2)cc1OC. The van der Waals surface area contributed by atoms with Gasteiger partial charge in [-0.25, -0.2) is 9.38 Å². The molecule has 198 valence electrons. The maximum Gasteiger partial charge on any atom is 0.238 e. The lowest BCUT2D eigenvalue weighted by Crippen LogP contribution is -2.46. The largest absolute Gasteiger partial charge is 0.493 e. The molecule has 1 heterocycles. The number of carbonyl (C=O) groups excluding carboxylic acids is 2. The molecule has 1 saturated heterocycles. The Morgan fingerprint density at radius 1 is 1.05 bits per heavy atom. The molecule has 38 heavy (non-hydrogen) atoms. The van der Waals surface area contributed by atoms with Crippen LogP contribution in [-0.4, -0.2) is 47.9 Å². The first kappa shape index (κ1) is 27.8. The summed E-state index contributed by atoms with van der Waals surface area (Å²) in [5.74, 6) is 0.156. The molecule has 1 fully saturated rings. The lowest BCUT2D eigenvalue weighted by Gasteiger charge is -2.32. The molecule has 0 saturated carbocycles. The number of amidine groups is 1. The van der Waals surface area contributed by atoms with Crippen LogP contribution in [0.25, 0.3) is 0 Å². The van der Waals surface area contributed by atoms with Crippen LogP contribution in [0.5, 0.6) is 11.5 Å². The molecule has 0 aromatic heterocycles. The van der Waals surface area contributed by atoms with E-state index in [1.807, 2.05) is 12.1 Å². The normalized spacial score (nSPS) is 16.4. The lowest BCUT2D eigenvalue weighted by molar-refractivity contribution is -0.129. The predicted molar refractivity (Wildman–Crippen MR) is 150 cm³/mol. The molecule has 0 aliphatic carbocycles. The van der Waals surface area contributed by atoms with Gasteiger partial charge in [-0.05, 0) is 66.6 Å². The quantitative estimate of drug-likeness (QED) is 0.338. The van der Waals surface area contributed by atoms with E-state index < -0.39 is 11.1 Å². The van der Waals surface area contributed by atoms with E-state index in [1.54, 1.807) is 43.4 Å². The molecule has 2 amide bonds. The summed E-state index contributed by atoms with van der Waals surface area (Å²) in [4.78, 5) is 32.5. The van der Waals surface area contributed by atoms with Crippen LogP contribution in [-0.2, 0) is 16.0 Å². The Balaban J connectivity index is 1.56. The van der Waals surface area contributed by atoms with Gasteiger partial charge in [0.15, 0.2) is 16.7 Å². The highest BCUT2D eigenvalue weighted by Gasteiger charge is 2.36. The molecule has 1 N–H and O–H groups in total. The van der Waals surface area contributed by atoms with Crippen molar-refractivity contribution in [3.05, 3.63) is 82.1 Å². The molecule has 1 unspecified atom stereocenters. The van der Waals surface area contributed by atoms with Gasteiger partial charge in [-0.2, -0.15) is 0 Å². The second-order valence-corrected chi connectivity index (χ2v) is 10.4. The highest BCUT2D eigenvalue weighted by molar-refractivity contribution is 8.15. The third-order valence-corrected chi connectivity index (χ3v) is 7.31. The summed E-state index contributed by atoms with van der Waals surface area (Å²) >= 11 is 13.3. The molecular formula is C27H24Cl2FN3O4S. The van der Waals surface area contributed by atoms with E-state index in [0.717, 1.165) is 5.56 Å². The van der Waals surface area contributed by atoms with Gasteiger partial charge in [0.2, 0.25) is 11.8 Å². The zero-order chi connectivity index (χ0) is 27.2. The number of benzene rings is 3. The van der Waals surface area contributed by atoms with Crippen molar-refractivity contribution in [2.45, 2.75) is 18.1 Å². The average molecular weight is 576 g/mol. The number of rotatable bonds is 8. The molecule has 0 bridgehead atoms. The Morgan fingerprint density at radius 3 is 2.39 bits per heavy atom. The summed E-state index contributed by atoms with van der Waals surface area (Å²) in [6.45, 7) is 0.319. The fourth-order valence-corrected chi connectivity index (χ4v) is 5.46. The Hall–Kier alpha value is -3.27. The summed E-state index contributed by atoms with van der Waals surface area (Å²) in [6.07, 6.45) is 0.478. The smallest absolute Gasteiger partial charge is 0.238 e. The van der Waals surface area contributed by atoms with Gasteiger partial charge in [-0.15, -0.1) is 0 Å². The number of nitrogens with zero attached hydrogens (tertiary/aromatic N) is 2. The van der Waals surface area contributed by atoms with Crippen LogP contribution < -0.4 is 14.8 Å². The second kappa shape index (κ2) is 12.5. The summed E-state index contributed by atoms with van der Waals surface area (Å²) in [6, 6.07) is 15.8. The summed E-state index contributed by atoms with van der Waals surface area (Å²) < 4.78 is 24.1. The Labute approximate surface area is 233 Å².